The van der Waals surface area contributed by atoms with Gasteiger partial charge in [0.25, 0.3) is 0 Å². The Morgan fingerprint density at radius 1 is 1.23 bits per heavy atom. The van der Waals surface area contributed by atoms with E-state index >= 15 is 0 Å². The van der Waals surface area contributed by atoms with Crippen molar-refractivity contribution in [1.82, 2.24) is 5.32 Å². The first-order valence-electron chi connectivity index (χ1n) is 6.79. The normalized spacial score (nSPS) is 12.5. The fourth-order valence-electron chi connectivity index (χ4n) is 1.75. The number of hydrogen-bond acceptors (Lipinski definition) is 5. The number of aromatic hydroxyl groups is 2. The topological polar surface area (TPSA) is 116 Å². The van der Waals surface area contributed by atoms with E-state index in [9.17, 15) is 24.9 Å². The Kier molecular flexibility index (Phi) is 5.62. The summed E-state index contributed by atoms with van der Waals surface area (Å²) in [6.45, 7) is 5.02. The second kappa shape index (κ2) is 7.02. The second-order valence-corrected chi connectivity index (χ2v) is 5.95. The molecule has 1 aromatic rings. The van der Waals surface area contributed by atoms with Crippen LogP contribution in [0.3, 0.4) is 0 Å². The second-order valence-electron chi connectivity index (χ2n) is 5.95. The number of rotatable bonds is 5. The quantitative estimate of drug-likeness (QED) is 0.617. The van der Waals surface area contributed by atoms with Gasteiger partial charge in [0.1, 0.15) is 5.60 Å². The van der Waals surface area contributed by atoms with Gasteiger partial charge >= 0.3 is 12.1 Å². The third-order valence-corrected chi connectivity index (χ3v) is 2.76. The molecule has 22 heavy (non-hydrogen) atoms. The molecule has 0 aliphatic heterocycles. The van der Waals surface area contributed by atoms with E-state index in [2.05, 4.69) is 5.32 Å². The van der Waals surface area contributed by atoms with E-state index < -0.39 is 23.6 Å². The smallest absolute Gasteiger partial charge is 0.407 e. The summed E-state index contributed by atoms with van der Waals surface area (Å²) in [6.07, 6.45) is -0.591. The molecular weight excluding hydrogens is 290 g/mol. The van der Waals surface area contributed by atoms with E-state index in [0.717, 1.165) is 0 Å². The number of amides is 1. The predicted molar refractivity (Wildman–Crippen MR) is 78.8 cm³/mol. The molecule has 0 fully saturated rings. The number of ether oxygens (including phenoxy) is 1. The molecule has 0 unspecified atom stereocenters. The maximum Gasteiger partial charge on any atom is 0.407 e. The molecule has 4 N–H and O–H groups in total. The van der Waals surface area contributed by atoms with Crippen LogP contribution in [0.5, 0.6) is 11.5 Å². The van der Waals surface area contributed by atoms with Gasteiger partial charge in [0.05, 0.1) is 5.92 Å². The minimum Gasteiger partial charge on any atom is -0.504 e. The SMILES string of the molecule is CC(C)(C)OC(=O)NC[C@H](Cc1ccc(O)c(O)c1)C(=O)O. The van der Waals surface area contributed by atoms with Gasteiger partial charge in [-0.15, -0.1) is 0 Å². The van der Waals surface area contributed by atoms with Gasteiger partial charge in [-0.05, 0) is 44.9 Å². The highest BCUT2D eigenvalue weighted by Gasteiger charge is 2.22. The van der Waals surface area contributed by atoms with Gasteiger partial charge in [-0.3, -0.25) is 4.79 Å². The molecule has 0 saturated carbocycles. The molecule has 0 aromatic heterocycles. The Bertz CT molecular complexity index is 549. The lowest BCUT2D eigenvalue weighted by atomic mass is 9.99. The number of phenolic OH excluding ortho intramolecular Hbond substituents is 2. The Hall–Kier alpha value is -2.44. The van der Waals surface area contributed by atoms with Crippen LogP contribution in [0.15, 0.2) is 18.2 Å². The summed E-state index contributed by atoms with van der Waals surface area (Å²) in [6, 6.07) is 4.09. The van der Waals surface area contributed by atoms with Crippen LogP contribution in [0.1, 0.15) is 26.3 Å². The fourth-order valence-corrected chi connectivity index (χ4v) is 1.75. The maximum atomic E-state index is 11.5. The van der Waals surface area contributed by atoms with Crippen molar-refractivity contribution in [1.29, 1.82) is 0 Å². The molecule has 122 valence electrons. The van der Waals surface area contributed by atoms with Gasteiger partial charge in [0.2, 0.25) is 0 Å². The average molecular weight is 311 g/mol. The van der Waals surface area contributed by atoms with E-state index in [1.54, 1.807) is 20.8 Å². The van der Waals surface area contributed by atoms with Crippen molar-refractivity contribution in [2.45, 2.75) is 32.8 Å². The molecule has 0 saturated heterocycles. The van der Waals surface area contributed by atoms with Gasteiger partial charge in [0.15, 0.2) is 11.5 Å². The number of carbonyl (C=O) groups excluding carboxylic acids is 1. The molecule has 0 spiro atoms. The number of carboxylic acids is 1. The van der Waals surface area contributed by atoms with E-state index in [1.165, 1.54) is 18.2 Å². The monoisotopic (exact) mass is 311 g/mol. The molecule has 1 amide bonds. The number of hydrogen-bond donors (Lipinski definition) is 4. The molecule has 0 aliphatic carbocycles. The lowest BCUT2D eigenvalue weighted by molar-refractivity contribution is -0.141. The van der Waals surface area contributed by atoms with Crippen molar-refractivity contribution in [3.05, 3.63) is 23.8 Å². The zero-order valence-corrected chi connectivity index (χ0v) is 12.8. The molecule has 0 bridgehead atoms. The van der Waals surface area contributed by atoms with Crippen molar-refractivity contribution in [2.24, 2.45) is 5.92 Å². The molecule has 7 heteroatoms. The van der Waals surface area contributed by atoms with Crippen LogP contribution in [0.2, 0.25) is 0 Å². The van der Waals surface area contributed by atoms with Crippen molar-refractivity contribution in [2.75, 3.05) is 6.54 Å². The van der Waals surface area contributed by atoms with Crippen molar-refractivity contribution in [3.8, 4) is 11.5 Å². The lowest BCUT2D eigenvalue weighted by Gasteiger charge is -2.21. The van der Waals surface area contributed by atoms with Crippen LogP contribution >= 0.6 is 0 Å². The summed E-state index contributed by atoms with van der Waals surface area (Å²) >= 11 is 0. The summed E-state index contributed by atoms with van der Waals surface area (Å²) < 4.78 is 5.04. The number of aliphatic carboxylic acids is 1. The number of nitrogens with one attached hydrogen (secondary N) is 1. The van der Waals surface area contributed by atoms with Gasteiger partial charge in [0, 0.05) is 6.54 Å². The summed E-state index contributed by atoms with van der Waals surface area (Å²) in [5.74, 6) is -2.55. The Morgan fingerprint density at radius 3 is 2.36 bits per heavy atom. The zero-order valence-electron chi connectivity index (χ0n) is 12.8. The Morgan fingerprint density at radius 2 is 1.86 bits per heavy atom. The summed E-state index contributed by atoms with van der Waals surface area (Å²) in [5, 5.41) is 30.3. The van der Waals surface area contributed by atoms with Gasteiger partial charge < -0.3 is 25.4 Å². The number of carboxylic acid groups (broad SMARTS) is 1. The molecule has 1 atom stereocenters. The molecule has 1 rings (SSSR count). The van der Waals surface area contributed by atoms with Gasteiger partial charge in [-0.1, -0.05) is 6.07 Å². The summed E-state index contributed by atoms with van der Waals surface area (Å²) in [7, 11) is 0. The van der Waals surface area contributed by atoms with Crippen LogP contribution < -0.4 is 5.32 Å². The average Bonchev–Trinajstić information content (AvgIpc) is 2.36. The first kappa shape index (κ1) is 17.6. The first-order valence-corrected chi connectivity index (χ1v) is 6.79. The highest BCUT2D eigenvalue weighted by atomic mass is 16.6. The summed E-state index contributed by atoms with van der Waals surface area (Å²) in [5.41, 5.74) is -0.125. The zero-order chi connectivity index (χ0) is 16.9. The Balaban J connectivity index is 2.64. The van der Waals surface area contributed by atoms with Crippen LogP contribution in [0.25, 0.3) is 0 Å². The third-order valence-electron chi connectivity index (χ3n) is 2.76. The van der Waals surface area contributed by atoms with Crippen LogP contribution in [0, 0.1) is 5.92 Å². The van der Waals surface area contributed by atoms with E-state index in [4.69, 9.17) is 4.74 Å². The minimum atomic E-state index is -1.08. The predicted octanol–water partition coefficient (Wildman–Crippen LogP) is 1.87. The molecule has 0 heterocycles. The minimum absolute atomic E-state index is 0.0962. The van der Waals surface area contributed by atoms with E-state index in [0.29, 0.717) is 5.56 Å². The molecule has 0 radical (unpaired) electrons. The first-order chi connectivity index (χ1) is 10.1. The Labute approximate surface area is 128 Å². The summed E-state index contributed by atoms with van der Waals surface area (Å²) in [4.78, 5) is 22.8. The number of alkyl carbamates (subject to hydrolysis) is 1. The lowest BCUT2D eigenvalue weighted by Crippen LogP contribution is -2.37. The molecule has 0 aliphatic rings. The molecule has 1 aromatic carbocycles. The van der Waals surface area contributed by atoms with E-state index in [1.807, 2.05) is 0 Å². The third kappa shape index (κ3) is 5.90. The van der Waals surface area contributed by atoms with Crippen molar-refractivity contribution in [3.63, 3.8) is 0 Å². The fraction of sp³-hybridized carbons (Fsp3) is 0.467. The van der Waals surface area contributed by atoms with E-state index in [-0.39, 0.29) is 24.5 Å². The maximum absolute atomic E-state index is 11.5. The van der Waals surface area contributed by atoms with Gasteiger partial charge in [-0.25, -0.2) is 4.79 Å². The van der Waals surface area contributed by atoms with Crippen LogP contribution in [0.4, 0.5) is 4.79 Å². The van der Waals surface area contributed by atoms with Crippen LogP contribution in [-0.4, -0.2) is 39.5 Å². The molecule has 7 nitrogen and oxygen atoms in total. The highest BCUT2D eigenvalue weighted by molar-refractivity contribution is 5.73. The number of phenols is 2. The number of benzene rings is 1. The van der Waals surface area contributed by atoms with Crippen molar-refractivity contribution < 1.29 is 29.6 Å². The van der Waals surface area contributed by atoms with Gasteiger partial charge in [-0.2, -0.15) is 0 Å². The highest BCUT2D eigenvalue weighted by Crippen LogP contribution is 2.26. The van der Waals surface area contributed by atoms with Crippen LogP contribution in [-0.2, 0) is 16.0 Å². The standard InChI is InChI=1S/C15H21NO6/c1-15(2,3)22-14(21)16-8-10(13(19)20)6-9-4-5-11(17)12(18)7-9/h4-5,7,10,17-18H,6,8H2,1-3H3,(H,16,21)(H,19,20)/t10-/m0/s1. The number of carbonyl (C=O) groups is 2. The largest absolute Gasteiger partial charge is 0.504 e. The molecular formula is C15H21NO6. The van der Waals surface area contributed by atoms with Crippen molar-refractivity contribution >= 4 is 12.1 Å².